The van der Waals surface area contributed by atoms with Crippen molar-refractivity contribution in [2.45, 2.75) is 6.61 Å². The average molecular weight is 497 g/mol. The van der Waals surface area contributed by atoms with E-state index < -0.39 is 0 Å². The van der Waals surface area contributed by atoms with Gasteiger partial charge in [-0.1, -0.05) is 29.8 Å². The number of pyridine rings is 1. The van der Waals surface area contributed by atoms with Crippen LogP contribution in [0, 0.1) is 0 Å². The van der Waals surface area contributed by atoms with E-state index in [1.165, 1.54) is 0 Å². The number of nitrogens with zero attached hydrogens (tertiary/aromatic N) is 2. The van der Waals surface area contributed by atoms with E-state index in [1.807, 2.05) is 12.1 Å². The minimum atomic E-state index is -0.366. The van der Waals surface area contributed by atoms with E-state index in [2.05, 4.69) is 4.98 Å². The molecular weight excluding hydrogens is 476 g/mol. The maximum atomic E-state index is 12.8. The number of imide groups is 1. The number of halogens is 1. The van der Waals surface area contributed by atoms with Gasteiger partial charge in [0.05, 0.1) is 23.6 Å². The normalized spacial score (nSPS) is 14.5. The van der Waals surface area contributed by atoms with Gasteiger partial charge in [0.2, 0.25) is 0 Å². The van der Waals surface area contributed by atoms with Crippen molar-refractivity contribution in [1.82, 2.24) is 9.88 Å². The molecule has 0 N–H and O–H groups in total. The van der Waals surface area contributed by atoms with E-state index in [0.717, 1.165) is 22.2 Å². The van der Waals surface area contributed by atoms with Crippen molar-refractivity contribution in [2.24, 2.45) is 0 Å². The number of carbonyl (C=O) groups excluding carboxylic acids is 2. The number of rotatable bonds is 9. The fourth-order valence-electron chi connectivity index (χ4n) is 3.19. The zero-order valence-corrected chi connectivity index (χ0v) is 19.8. The lowest BCUT2D eigenvalue weighted by molar-refractivity contribution is -0.123. The van der Waals surface area contributed by atoms with Crippen LogP contribution in [0.15, 0.2) is 71.9 Å². The number of para-hydroxylation sites is 1. The number of hydrogen-bond donors (Lipinski definition) is 0. The second kappa shape index (κ2) is 11.1. The zero-order chi connectivity index (χ0) is 23.9. The summed E-state index contributed by atoms with van der Waals surface area (Å²) in [5, 5.41) is 0.127. The number of ether oxygens (including phenoxy) is 3. The molecule has 1 aromatic heterocycles. The number of carbonyl (C=O) groups is 2. The molecule has 9 heteroatoms. The highest BCUT2D eigenvalue weighted by Gasteiger charge is 2.34. The number of hydrogen-bond acceptors (Lipinski definition) is 7. The third-order valence-corrected chi connectivity index (χ3v) is 6.13. The van der Waals surface area contributed by atoms with Gasteiger partial charge in [-0.2, -0.15) is 0 Å². The van der Waals surface area contributed by atoms with Gasteiger partial charge in [-0.25, -0.2) is 0 Å². The van der Waals surface area contributed by atoms with Crippen molar-refractivity contribution in [3.05, 3.63) is 88.0 Å². The average Bonchev–Trinajstić information content (AvgIpc) is 3.12. The lowest BCUT2D eigenvalue weighted by Gasteiger charge is -2.14. The molecule has 0 atom stereocenters. The highest BCUT2D eigenvalue weighted by molar-refractivity contribution is 8.18. The molecular formula is C25H21ClN2O5S. The van der Waals surface area contributed by atoms with E-state index in [1.54, 1.807) is 68.0 Å². The molecule has 34 heavy (non-hydrogen) atoms. The zero-order valence-electron chi connectivity index (χ0n) is 18.3. The molecule has 1 saturated heterocycles. The third-order valence-electron chi connectivity index (χ3n) is 4.91. The van der Waals surface area contributed by atoms with Crippen LogP contribution in [0.4, 0.5) is 4.79 Å². The number of thioether (sulfide) groups is 1. The molecule has 174 valence electrons. The van der Waals surface area contributed by atoms with Crippen LogP contribution in [0.25, 0.3) is 6.08 Å². The Balaban J connectivity index is 1.40. The minimum absolute atomic E-state index is 0.123. The first-order valence-corrected chi connectivity index (χ1v) is 11.6. The molecule has 7 nitrogen and oxygen atoms in total. The van der Waals surface area contributed by atoms with Crippen molar-refractivity contribution in [2.75, 3.05) is 20.3 Å². The molecule has 3 aromatic rings. The van der Waals surface area contributed by atoms with Gasteiger partial charge in [-0.05, 0) is 65.4 Å². The monoisotopic (exact) mass is 496 g/mol. The van der Waals surface area contributed by atoms with Crippen LogP contribution in [0.2, 0.25) is 5.02 Å². The molecule has 2 aromatic carbocycles. The van der Waals surface area contributed by atoms with E-state index >= 15 is 0 Å². The smallest absolute Gasteiger partial charge is 0.293 e. The molecule has 0 aliphatic carbocycles. The SMILES string of the molecule is COc1cc(/C=C2\SC(=O)N(CCOc3ccccc3Cl)C2=O)ccc1OCc1ccncc1. The van der Waals surface area contributed by atoms with Crippen LogP contribution in [0.1, 0.15) is 11.1 Å². The molecule has 1 fully saturated rings. The van der Waals surface area contributed by atoms with Crippen LogP contribution in [-0.2, 0) is 11.4 Å². The molecule has 0 bridgehead atoms. The number of methoxy groups -OCH3 is 1. The quantitative estimate of drug-likeness (QED) is 0.365. The van der Waals surface area contributed by atoms with E-state index in [0.29, 0.717) is 39.3 Å². The highest BCUT2D eigenvalue weighted by atomic mass is 35.5. The van der Waals surface area contributed by atoms with E-state index in [4.69, 9.17) is 25.8 Å². The predicted molar refractivity (Wildman–Crippen MR) is 131 cm³/mol. The molecule has 0 unspecified atom stereocenters. The van der Waals surface area contributed by atoms with Crippen LogP contribution < -0.4 is 14.2 Å². The first kappa shape index (κ1) is 23.7. The fraction of sp³-hybridized carbons (Fsp3) is 0.160. The summed E-state index contributed by atoms with van der Waals surface area (Å²) in [6.45, 7) is 0.637. The van der Waals surface area contributed by atoms with E-state index in [-0.39, 0.29) is 24.3 Å². The van der Waals surface area contributed by atoms with Crippen LogP contribution in [0.5, 0.6) is 17.2 Å². The Morgan fingerprint density at radius 2 is 1.79 bits per heavy atom. The molecule has 1 aliphatic rings. The topological polar surface area (TPSA) is 78.0 Å². The summed E-state index contributed by atoms with van der Waals surface area (Å²) in [7, 11) is 1.55. The van der Waals surface area contributed by atoms with Crippen LogP contribution in [0.3, 0.4) is 0 Å². The summed E-state index contributed by atoms with van der Waals surface area (Å²) in [6, 6.07) is 16.1. The third kappa shape index (κ3) is 5.70. The molecule has 0 saturated carbocycles. The summed E-state index contributed by atoms with van der Waals surface area (Å²) in [6.07, 6.45) is 5.07. The maximum Gasteiger partial charge on any atom is 0.293 e. The predicted octanol–water partition coefficient (Wildman–Crippen LogP) is 5.44. The largest absolute Gasteiger partial charge is 0.493 e. The molecule has 4 rings (SSSR count). The number of amides is 2. The first-order valence-electron chi connectivity index (χ1n) is 10.4. The fourth-order valence-corrected chi connectivity index (χ4v) is 4.24. The van der Waals surface area contributed by atoms with Gasteiger partial charge in [0.25, 0.3) is 11.1 Å². The summed E-state index contributed by atoms with van der Waals surface area (Å²) in [4.78, 5) is 30.7. The van der Waals surface area contributed by atoms with Crippen molar-refractivity contribution in [3.8, 4) is 17.2 Å². The van der Waals surface area contributed by atoms with Crippen molar-refractivity contribution < 1.29 is 23.8 Å². The minimum Gasteiger partial charge on any atom is -0.493 e. The van der Waals surface area contributed by atoms with Gasteiger partial charge < -0.3 is 14.2 Å². The Hall–Kier alpha value is -3.49. The standard InChI is InChI=1S/C25H21ClN2O5S/c1-31-22-14-18(6-7-21(22)33-16-17-8-10-27-11-9-17)15-23-24(29)28(25(30)34-23)12-13-32-20-5-3-2-4-19(20)26/h2-11,14-15H,12-13,16H2,1H3/b23-15-. The van der Waals surface area contributed by atoms with E-state index in [9.17, 15) is 9.59 Å². The molecule has 0 radical (unpaired) electrons. The Kier molecular flexibility index (Phi) is 7.72. The molecule has 1 aliphatic heterocycles. The van der Waals surface area contributed by atoms with Crippen molar-refractivity contribution in [1.29, 1.82) is 0 Å². The summed E-state index contributed by atoms with van der Waals surface area (Å²) >= 11 is 6.96. The number of benzene rings is 2. The van der Waals surface area contributed by atoms with Crippen molar-refractivity contribution >= 4 is 40.6 Å². The summed E-state index contributed by atoms with van der Waals surface area (Å²) in [5.74, 6) is 1.23. The van der Waals surface area contributed by atoms with Gasteiger partial charge in [0.15, 0.2) is 11.5 Å². The van der Waals surface area contributed by atoms with Gasteiger partial charge in [-0.3, -0.25) is 19.5 Å². The van der Waals surface area contributed by atoms with Crippen LogP contribution >= 0.6 is 23.4 Å². The number of aromatic nitrogens is 1. The lowest BCUT2D eigenvalue weighted by Crippen LogP contribution is -2.32. The molecule has 2 amide bonds. The Morgan fingerprint density at radius 1 is 1.00 bits per heavy atom. The first-order chi connectivity index (χ1) is 16.5. The Morgan fingerprint density at radius 3 is 2.56 bits per heavy atom. The Bertz CT molecular complexity index is 1220. The van der Waals surface area contributed by atoms with Crippen LogP contribution in [-0.4, -0.2) is 41.3 Å². The maximum absolute atomic E-state index is 12.8. The molecule has 0 spiro atoms. The summed E-state index contributed by atoms with van der Waals surface area (Å²) in [5.41, 5.74) is 1.69. The second-order valence-electron chi connectivity index (χ2n) is 7.17. The van der Waals surface area contributed by atoms with Gasteiger partial charge in [0, 0.05) is 12.4 Å². The van der Waals surface area contributed by atoms with Gasteiger partial charge in [-0.15, -0.1) is 0 Å². The lowest BCUT2D eigenvalue weighted by atomic mass is 10.2. The van der Waals surface area contributed by atoms with Gasteiger partial charge in [0.1, 0.15) is 19.0 Å². The van der Waals surface area contributed by atoms with Gasteiger partial charge >= 0.3 is 0 Å². The highest BCUT2D eigenvalue weighted by Crippen LogP contribution is 2.35. The second-order valence-corrected chi connectivity index (χ2v) is 8.57. The van der Waals surface area contributed by atoms with Crippen molar-refractivity contribution in [3.63, 3.8) is 0 Å². The summed E-state index contributed by atoms with van der Waals surface area (Å²) < 4.78 is 16.9. The molecule has 2 heterocycles. The Labute approximate surface area is 206 Å².